The number of fused-ring (bicyclic) bond motifs is 1. The van der Waals surface area contributed by atoms with Crippen molar-refractivity contribution in [1.29, 1.82) is 0 Å². The van der Waals surface area contributed by atoms with Crippen molar-refractivity contribution >= 4 is 38.4 Å². The lowest BCUT2D eigenvalue weighted by Gasteiger charge is -2.04. The fourth-order valence-electron chi connectivity index (χ4n) is 1.86. The van der Waals surface area contributed by atoms with Gasteiger partial charge in [-0.1, -0.05) is 6.92 Å². The molecule has 92 valence electrons. The third kappa shape index (κ3) is 2.40. The van der Waals surface area contributed by atoms with Crippen molar-refractivity contribution < 1.29 is 0 Å². The average Bonchev–Trinajstić information content (AvgIpc) is 3.04. The maximum absolute atomic E-state index is 4.55. The third-order valence-corrected chi connectivity index (χ3v) is 4.77. The molecule has 0 aliphatic heterocycles. The van der Waals surface area contributed by atoms with E-state index >= 15 is 0 Å². The third-order valence-electron chi connectivity index (χ3n) is 2.83. The Balaban J connectivity index is 1.72. The van der Waals surface area contributed by atoms with Crippen molar-refractivity contribution in [3.8, 4) is 0 Å². The van der Waals surface area contributed by atoms with E-state index in [1.54, 1.807) is 22.7 Å². The first-order valence-electron chi connectivity index (χ1n) is 5.99. The summed E-state index contributed by atoms with van der Waals surface area (Å²) >= 11 is 3.52. The van der Waals surface area contributed by atoms with Gasteiger partial charge in [-0.2, -0.15) is 0 Å². The molecule has 0 aliphatic carbocycles. The Bertz CT molecular complexity index is 654. The number of nitrogens with one attached hydrogen (secondary N) is 1. The zero-order valence-electron chi connectivity index (χ0n) is 10.1. The predicted molar refractivity (Wildman–Crippen MR) is 80.6 cm³/mol. The summed E-state index contributed by atoms with van der Waals surface area (Å²) in [7, 11) is 0. The van der Waals surface area contributed by atoms with Crippen molar-refractivity contribution in [2.45, 2.75) is 19.9 Å². The number of hydrogen-bond acceptors (Lipinski definition) is 4. The second-order valence-corrected chi connectivity index (χ2v) is 6.00. The van der Waals surface area contributed by atoms with Gasteiger partial charge in [-0.15, -0.1) is 22.7 Å². The van der Waals surface area contributed by atoms with Crippen LogP contribution in [0.25, 0.3) is 10.1 Å². The maximum Gasteiger partial charge on any atom is 0.0926 e. The molecule has 1 N–H and O–H groups in total. The molecule has 0 aliphatic rings. The molecule has 0 atom stereocenters. The van der Waals surface area contributed by atoms with Crippen LogP contribution in [0.5, 0.6) is 0 Å². The van der Waals surface area contributed by atoms with Gasteiger partial charge in [-0.05, 0) is 41.5 Å². The number of rotatable bonds is 4. The first kappa shape index (κ1) is 11.7. The number of aryl methyl sites for hydroxylation is 1. The van der Waals surface area contributed by atoms with Crippen molar-refractivity contribution in [2.75, 3.05) is 5.32 Å². The minimum atomic E-state index is 0.798. The molecular formula is C14H14N2S2. The van der Waals surface area contributed by atoms with E-state index in [9.17, 15) is 0 Å². The zero-order chi connectivity index (χ0) is 12.4. The predicted octanol–water partition coefficient (Wildman–Crippen LogP) is 4.53. The van der Waals surface area contributed by atoms with Crippen molar-refractivity contribution in [3.05, 3.63) is 45.7 Å². The highest BCUT2D eigenvalue weighted by Crippen LogP contribution is 2.24. The summed E-state index contributed by atoms with van der Waals surface area (Å²) in [5, 5.41) is 10.2. The lowest BCUT2D eigenvalue weighted by atomic mass is 10.2. The number of thiophene rings is 1. The van der Waals surface area contributed by atoms with Crippen LogP contribution in [0.3, 0.4) is 0 Å². The summed E-state index contributed by atoms with van der Waals surface area (Å²) in [5.41, 5.74) is 2.29. The molecule has 0 spiro atoms. The number of hydrogen-bond donors (Lipinski definition) is 1. The molecule has 3 aromatic rings. The van der Waals surface area contributed by atoms with Crippen molar-refractivity contribution in [1.82, 2.24) is 4.98 Å². The molecule has 0 bridgehead atoms. The Morgan fingerprint density at radius 2 is 2.17 bits per heavy atom. The van der Waals surface area contributed by atoms with E-state index in [-0.39, 0.29) is 0 Å². The van der Waals surface area contributed by atoms with Crippen LogP contribution in [0.4, 0.5) is 5.69 Å². The smallest absolute Gasteiger partial charge is 0.0926 e. The summed E-state index contributed by atoms with van der Waals surface area (Å²) in [5.74, 6) is 0. The second-order valence-electron chi connectivity index (χ2n) is 4.11. The Labute approximate surface area is 114 Å². The minimum Gasteiger partial charge on any atom is -0.379 e. The number of nitrogens with zero attached hydrogens (tertiary/aromatic N) is 1. The standard InChI is InChI=1S/C14H14N2S2/c1-2-14-16-12(9-18-14)8-15-11-3-4-13-10(7-11)5-6-17-13/h3-7,9,15H,2,8H2,1H3. The summed E-state index contributed by atoms with van der Waals surface area (Å²) in [4.78, 5) is 4.55. The van der Waals surface area contributed by atoms with Crippen LogP contribution in [-0.4, -0.2) is 4.98 Å². The molecule has 0 radical (unpaired) electrons. The van der Waals surface area contributed by atoms with Crippen LogP contribution >= 0.6 is 22.7 Å². The fraction of sp³-hybridized carbons (Fsp3) is 0.214. The molecular weight excluding hydrogens is 260 g/mol. The highest BCUT2D eigenvalue weighted by molar-refractivity contribution is 7.17. The minimum absolute atomic E-state index is 0.798. The van der Waals surface area contributed by atoms with Crippen molar-refractivity contribution in [2.24, 2.45) is 0 Å². The Kier molecular flexibility index (Phi) is 3.30. The van der Waals surface area contributed by atoms with Crippen LogP contribution in [0.2, 0.25) is 0 Å². The molecule has 2 nitrogen and oxygen atoms in total. The Morgan fingerprint density at radius 1 is 1.22 bits per heavy atom. The van der Waals surface area contributed by atoms with E-state index in [1.165, 1.54) is 15.1 Å². The van der Waals surface area contributed by atoms with E-state index in [0.29, 0.717) is 0 Å². The summed E-state index contributed by atoms with van der Waals surface area (Å²) < 4.78 is 1.34. The Hall–Kier alpha value is -1.39. The highest BCUT2D eigenvalue weighted by Gasteiger charge is 2.01. The van der Waals surface area contributed by atoms with Crippen molar-refractivity contribution in [3.63, 3.8) is 0 Å². The molecule has 0 fully saturated rings. The summed E-state index contributed by atoms with van der Waals surface area (Å²) in [6.45, 7) is 2.94. The quantitative estimate of drug-likeness (QED) is 0.756. The first-order valence-corrected chi connectivity index (χ1v) is 7.75. The van der Waals surface area contributed by atoms with Gasteiger partial charge in [0.05, 0.1) is 17.2 Å². The van der Waals surface area contributed by atoms with Gasteiger partial charge in [0.1, 0.15) is 0 Å². The maximum atomic E-state index is 4.55. The van der Waals surface area contributed by atoms with E-state index in [0.717, 1.165) is 24.3 Å². The summed E-state index contributed by atoms with van der Waals surface area (Å²) in [6, 6.07) is 8.65. The van der Waals surface area contributed by atoms with E-state index in [4.69, 9.17) is 0 Å². The average molecular weight is 274 g/mol. The molecule has 2 heterocycles. The van der Waals surface area contributed by atoms with Gasteiger partial charge < -0.3 is 5.32 Å². The lowest BCUT2D eigenvalue weighted by Crippen LogP contribution is -1.99. The number of aromatic nitrogens is 1. The fourth-order valence-corrected chi connectivity index (χ4v) is 3.38. The summed E-state index contributed by atoms with van der Waals surface area (Å²) in [6.07, 6.45) is 1.02. The molecule has 18 heavy (non-hydrogen) atoms. The van der Waals surface area contributed by atoms with Gasteiger partial charge in [0.25, 0.3) is 0 Å². The largest absolute Gasteiger partial charge is 0.379 e. The van der Waals surface area contributed by atoms with Gasteiger partial charge in [0.2, 0.25) is 0 Å². The van der Waals surface area contributed by atoms with Gasteiger partial charge >= 0.3 is 0 Å². The number of thiazole rings is 1. The molecule has 4 heteroatoms. The molecule has 0 unspecified atom stereocenters. The molecule has 0 amide bonds. The van der Waals surface area contributed by atoms with E-state index in [2.05, 4.69) is 52.3 Å². The SMILES string of the molecule is CCc1nc(CNc2ccc3sccc3c2)cs1. The van der Waals surface area contributed by atoms with Crippen LogP contribution in [0.15, 0.2) is 35.0 Å². The zero-order valence-corrected chi connectivity index (χ0v) is 11.8. The van der Waals surface area contributed by atoms with Crippen LogP contribution < -0.4 is 5.32 Å². The second kappa shape index (κ2) is 5.08. The number of anilines is 1. The van der Waals surface area contributed by atoms with Gasteiger partial charge in [0, 0.05) is 15.8 Å². The Morgan fingerprint density at radius 3 is 3.00 bits per heavy atom. The monoisotopic (exact) mass is 274 g/mol. The first-order chi connectivity index (χ1) is 8.85. The molecule has 0 saturated heterocycles. The molecule has 3 rings (SSSR count). The number of benzene rings is 1. The molecule has 0 saturated carbocycles. The van der Waals surface area contributed by atoms with Gasteiger partial charge in [-0.25, -0.2) is 4.98 Å². The molecule has 1 aromatic carbocycles. The highest BCUT2D eigenvalue weighted by atomic mass is 32.1. The van der Waals surface area contributed by atoms with E-state index in [1.807, 2.05) is 0 Å². The topological polar surface area (TPSA) is 24.9 Å². The van der Waals surface area contributed by atoms with Gasteiger partial charge in [0.15, 0.2) is 0 Å². The normalized spacial score (nSPS) is 10.9. The van der Waals surface area contributed by atoms with Crippen LogP contribution in [0, 0.1) is 0 Å². The van der Waals surface area contributed by atoms with Gasteiger partial charge in [-0.3, -0.25) is 0 Å². The van der Waals surface area contributed by atoms with Crippen LogP contribution in [-0.2, 0) is 13.0 Å². The lowest BCUT2D eigenvalue weighted by molar-refractivity contribution is 1.01. The molecule has 2 aromatic heterocycles. The van der Waals surface area contributed by atoms with E-state index < -0.39 is 0 Å². The van der Waals surface area contributed by atoms with Crippen LogP contribution in [0.1, 0.15) is 17.6 Å².